The maximum absolute atomic E-state index is 14.8. The Kier molecular flexibility index (Phi) is 7.85. The van der Waals surface area contributed by atoms with Crippen molar-refractivity contribution < 1.29 is 27.4 Å². The van der Waals surface area contributed by atoms with Crippen LogP contribution in [0.15, 0.2) is 35.3 Å². The third-order valence-electron chi connectivity index (χ3n) is 7.38. The summed E-state index contributed by atoms with van der Waals surface area (Å²) in [6, 6.07) is 4.97. The van der Waals surface area contributed by atoms with E-state index in [0.717, 1.165) is 16.4 Å². The van der Waals surface area contributed by atoms with Crippen LogP contribution in [-0.4, -0.2) is 64.6 Å². The molecule has 2 saturated heterocycles. The third kappa shape index (κ3) is 5.48. The van der Waals surface area contributed by atoms with Crippen molar-refractivity contribution in [1.82, 2.24) is 19.7 Å². The Bertz CT molecular complexity index is 1420. The third-order valence-corrected chi connectivity index (χ3v) is 7.38. The van der Waals surface area contributed by atoms with Gasteiger partial charge in [0.15, 0.2) is 11.9 Å². The highest BCUT2D eigenvalue weighted by Gasteiger charge is 2.31. The fraction of sp³-hybridized carbons (Fsp3) is 0.481. The molecule has 208 valence electrons. The predicted octanol–water partition coefficient (Wildman–Crippen LogP) is 3.70. The number of hydrogen-bond donors (Lipinski definition) is 1. The zero-order valence-corrected chi connectivity index (χ0v) is 21.7. The molecule has 2 atom stereocenters. The summed E-state index contributed by atoms with van der Waals surface area (Å²) < 4.78 is 53.3. The van der Waals surface area contributed by atoms with Gasteiger partial charge in [0.2, 0.25) is 0 Å². The topological polar surface area (TPSA) is 98.6 Å². The molecule has 9 nitrogen and oxygen atoms in total. The van der Waals surface area contributed by atoms with Crippen molar-refractivity contribution in [1.29, 1.82) is 0 Å². The molecule has 0 bridgehead atoms. The van der Waals surface area contributed by atoms with E-state index in [2.05, 4.69) is 15.4 Å². The lowest BCUT2D eigenvalue weighted by Crippen LogP contribution is -2.48. The number of ether oxygens (including phenoxy) is 2. The molecule has 2 aromatic heterocycles. The van der Waals surface area contributed by atoms with E-state index >= 15 is 0 Å². The van der Waals surface area contributed by atoms with E-state index in [-0.39, 0.29) is 29.6 Å². The van der Waals surface area contributed by atoms with Crippen LogP contribution in [0.3, 0.4) is 0 Å². The number of benzene rings is 1. The SMILES string of the molecule is C[C@@H](Nc1nn(C)c(=O)c2cnc(C3CCN(C(=O)C4COCCO4)CC3)cc12)c1cccc(C(F)F)c1F. The second-order valence-electron chi connectivity index (χ2n) is 9.88. The van der Waals surface area contributed by atoms with Gasteiger partial charge < -0.3 is 19.7 Å². The van der Waals surface area contributed by atoms with Crippen molar-refractivity contribution in [2.24, 2.45) is 7.05 Å². The number of rotatable bonds is 6. The van der Waals surface area contributed by atoms with Crippen molar-refractivity contribution in [3.05, 3.63) is 63.5 Å². The molecule has 0 saturated carbocycles. The molecule has 2 aliphatic rings. The summed E-state index contributed by atoms with van der Waals surface area (Å²) in [5, 5.41) is 8.28. The molecule has 2 fully saturated rings. The minimum atomic E-state index is -2.94. The summed E-state index contributed by atoms with van der Waals surface area (Å²) >= 11 is 0. The first-order valence-corrected chi connectivity index (χ1v) is 12.9. The highest BCUT2D eigenvalue weighted by Crippen LogP contribution is 2.32. The fourth-order valence-electron chi connectivity index (χ4n) is 5.18. The monoisotopic (exact) mass is 545 g/mol. The van der Waals surface area contributed by atoms with E-state index < -0.39 is 30.0 Å². The lowest BCUT2D eigenvalue weighted by molar-refractivity contribution is -0.158. The molecule has 1 aromatic carbocycles. The molecule has 0 aliphatic carbocycles. The van der Waals surface area contributed by atoms with E-state index in [0.29, 0.717) is 55.7 Å². The number of alkyl halides is 2. The summed E-state index contributed by atoms with van der Waals surface area (Å²) in [6.45, 7) is 3.88. The van der Waals surface area contributed by atoms with Crippen LogP contribution in [-0.2, 0) is 21.3 Å². The fourth-order valence-corrected chi connectivity index (χ4v) is 5.18. The number of hydrogen-bond acceptors (Lipinski definition) is 7. The number of amides is 1. The van der Waals surface area contributed by atoms with Crippen LogP contribution < -0.4 is 10.9 Å². The average Bonchev–Trinajstić information content (AvgIpc) is 2.95. The van der Waals surface area contributed by atoms with Crippen LogP contribution in [0.4, 0.5) is 19.0 Å². The highest BCUT2D eigenvalue weighted by atomic mass is 19.3. The first-order chi connectivity index (χ1) is 18.7. The minimum absolute atomic E-state index is 0.0523. The Hall–Kier alpha value is -3.51. The molecule has 1 N–H and O–H groups in total. The molecule has 4 heterocycles. The normalized spacial score (nSPS) is 19.4. The Balaban J connectivity index is 1.38. The number of nitrogens with one attached hydrogen (secondary N) is 1. The highest BCUT2D eigenvalue weighted by molar-refractivity contribution is 5.91. The summed E-state index contributed by atoms with van der Waals surface area (Å²) in [6.07, 6.45) is -0.638. The van der Waals surface area contributed by atoms with Crippen LogP contribution >= 0.6 is 0 Å². The molecule has 5 rings (SSSR count). The number of piperidine rings is 1. The van der Waals surface area contributed by atoms with Gasteiger partial charge >= 0.3 is 0 Å². The lowest BCUT2D eigenvalue weighted by atomic mass is 9.92. The molecule has 3 aromatic rings. The zero-order valence-electron chi connectivity index (χ0n) is 21.7. The van der Waals surface area contributed by atoms with E-state index in [9.17, 15) is 22.8 Å². The van der Waals surface area contributed by atoms with Crippen LogP contribution in [0, 0.1) is 5.82 Å². The second-order valence-corrected chi connectivity index (χ2v) is 9.88. The number of carbonyl (C=O) groups is 1. The summed E-state index contributed by atoms with van der Waals surface area (Å²) in [5.74, 6) is -0.685. The van der Waals surface area contributed by atoms with Gasteiger partial charge in [-0.25, -0.2) is 17.9 Å². The van der Waals surface area contributed by atoms with Crippen LogP contribution in [0.25, 0.3) is 10.8 Å². The maximum Gasteiger partial charge on any atom is 0.276 e. The Labute approximate surface area is 222 Å². The molecule has 12 heteroatoms. The van der Waals surface area contributed by atoms with Gasteiger partial charge in [-0.3, -0.25) is 14.6 Å². The van der Waals surface area contributed by atoms with Gasteiger partial charge in [-0.2, -0.15) is 5.10 Å². The zero-order chi connectivity index (χ0) is 27.7. The number of likely N-dealkylation sites (tertiary alicyclic amines) is 1. The summed E-state index contributed by atoms with van der Waals surface area (Å²) in [5.41, 5.74) is -0.194. The number of fused-ring (bicyclic) bond motifs is 1. The number of halogens is 3. The molecule has 0 spiro atoms. The van der Waals surface area contributed by atoms with Crippen molar-refractivity contribution in [2.75, 3.05) is 38.2 Å². The van der Waals surface area contributed by atoms with Gasteiger partial charge in [-0.05, 0) is 25.8 Å². The van der Waals surface area contributed by atoms with Crippen LogP contribution in [0.2, 0.25) is 0 Å². The lowest BCUT2D eigenvalue weighted by Gasteiger charge is -2.34. The largest absolute Gasteiger partial charge is 0.376 e. The Morgan fingerprint density at radius 3 is 2.59 bits per heavy atom. The summed E-state index contributed by atoms with van der Waals surface area (Å²) in [4.78, 5) is 31.9. The van der Waals surface area contributed by atoms with E-state index in [1.165, 1.54) is 25.4 Å². The maximum atomic E-state index is 14.8. The van der Waals surface area contributed by atoms with Gasteiger partial charge in [0.1, 0.15) is 5.82 Å². The van der Waals surface area contributed by atoms with Gasteiger partial charge in [0.05, 0.1) is 36.8 Å². The van der Waals surface area contributed by atoms with Gasteiger partial charge in [-0.1, -0.05) is 18.2 Å². The van der Waals surface area contributed by atoms with E-state index in [4.69, 9.17) is 9.47 Å². The minimum Gasteiger partial charge on any atom is -0.376 e. The number of pyridine rings is 1. The van der Waals surface area contributed by atoms with Gasteiger partial charge in [0, 0.05) is 48.9 Å². The molecule has 2 aliphatic heterocycles. The van der Waals surface area contributed by atoms with Crippen LogP contribution in [0.1, 0.15) is 55.0 Å². The number of aryl methyl sites for hydroxylation is 1. The number of carbonyl (C=O) groups excluding carboxylic acids is 1. The van der Waals surface area contributed by atoms with Gasteiger partial charge in [0.25, 0.3) is 17.9 Å². The molecule has 1 amide bonds. The smallest absolute Gasteiger partial charge is 0.276 e. The Morgan fingerprint density at radius 1 is 1.15 bits per heavy atom. The number of nitrogens with zero attached hydrogens (tertiary/aromatic N) is 4. The first-order valence-electron chi connectivity index (χ1n) is 12.9. The van der Waals surface area contributed by atoms with Crippen molar-refractivity contribution in [2.45, 2.75) is 44.3 Å². The Morgan fingerprint density at radius 2 is 1.90 bits per heavy atom. The number of anilines is 1. The molecular weight excluding hydrogens is 515 g/mol. The molecule has 1 unspecified atom stereocenters. The first kappa shape index (κ1) is 27.1. The van der Waals surface area contributed by atoms with E-state index in [1.807, 2.05) is 0 Å². The standard InChI is InChI=1S/C27H30F3N5O4/c1-15(17-4-3-5-18(23(17)28)24(29)30)32-25-19-12-21(31-13-20(19)26(36)34(2)33-25)16-6-8-35(9-7-16)27(37)22-14-38-10-11-39-22/h3-5,12-13,15-16,22,24H,6-11,14H2,1-2H3,(H,32,33)/t15-,22?/m1/s1. The molecular formula is C27H30F3N5O4. The summed E-state index contributed by atoms with van der Waals surface area (Å²) in [7, 11) is 1.50. The quantitative estimate of drug-likeness (QED) is 0.505. The van der Waals surface area contributed by atoms with Crippen LogP contribution in [0.5, 0.6) is 0 Å². The molecule has 39 heavy (non-hydrogen) atoms. The average molecular weight is 546 g/mol. The van der Waals surface area contributed by atoms with Crippen molar-refractivity contribution >= 4 is 22.5 Å². The second kappa shape index (κ2) is 11.3. The predicted molar refractivity (Wildman–Crippen MR) is 137 cm³/mol. The van der Waals surface area contributed by atoms with E-state index in [1.54, 1.807) is 17.9 Å². The van der Waals surface area contributed by atoms with Crippen molar-refractivity contribution in [3.8, 4) is 0 Å². The van der Waals surface area contributed by atoms with Crippen molar-refractivity contribution in [3.63, 3.8) is 0 Å². The molecule has 0 radical (unpaired) electrons. The number of aromatic nitrogens is 3. The van der Waals surface area contributed by atoms with Gasteiger partial charge in [-0.15, -0.1) is 0 Å².